The molecule has 86 valence electrons. The van der Waals surface area contributed by atoms with E-state index in [0.717, 1.165) is 19.4 Å². The number of rotatable bonds is 1. The molecular weight excluding hydrogens is 204 g/mol. The quantitative estimate of drug-likeness (QED) is 0.785. The zero-order valence-corrected chi connectivity index (χ0v) is 9.39. The second-order valence-electron chi connectivity index (χ2n) is 4.21. The Hall–Kier alpha value is -1.58. The van der Waals surface area contributed by atoms with E-state index < -0.39 is 0 Å². The maximum Gasteiger partial charge on any atom is 0.276 e. The lowest BCUT2D eigenvalue weighted by Crippen LogP contribution is -2.42. The van der Waals surface area contributed by atoms with Crippen LogP contribution in [0.4, 0.5) is 0 Å². The van der Waals surface area contributed by atoms with Crippen LogP contribution in [0.25, 0.3) is 0 Å². The highest BCUT2D eigenvalue weighted by Crippen LogP contribution is 2.21. The van der Waals surface area contributed by atoms with E-state index in [4.69, 9.17) is 0 Å². The van der Waals surface area contributed by atoms with Crippen molar-refractivity contribution in [2.75, 3.05) is 6.54 Å². The van der Waals surface area contributed by atoms with Crippen molar-refractivity contribution in [1.82, 2.24) is 9.88 Å². The van der Waals surface area contributed by atoms with E-state index in [2.05, 4.69) is 4.98 Å². The normalized spacial score (nSPS) is 20.8. The molecule has 1 aliphatic heterocycles. The van der Waals surface area contributed by atoms with Crippen LogP contribution in [0.2, 0.25) is 0 Å². The summed E-state index contributed by atoms with van der Waals surface area (Å²) in [5.41, 5.74) is 0.163. The number of nitrogens with zero attached hydrogens (tertiary/aromatic N) is 2. The van der Waals surface area contributed by atoms with Crippen molar-refractivity contribution in [2.45, 2.75) is 32.2 Å². The van der Waals surface area contributed by atoms with E-state index in [1.807, 2.05) is 6.92 Å². The SMILES string of the molecule is CC1CCCCN1C(=O)c1ncccc1O. The molecule has 16 heavy (non-hydrogen) atoms. The number of carbonyl (C=O) groups is 1. The van der Waals surface area contributed by atoms with Crippen LogP contribution < -0.4 is 0 Å². The number of piperidine rings is 1. The Bertz CT molecular complexity index is 392. The zero-order valence-electron chi connectivity index (χ0n) is 9.39. The molecule has 0 spiro atoms. The van der Waals surface area contributed by atoms with E-state index >= 15 is 0 Å². The number of carbonyl (C=O) groups excluding carboxylic acids is 1. The summed E-state index contributed by atoms with van der Waals surface area (Å²) in [6.07, 6.45) is 4.75. The van der Waals surface area contributed by atoms with Gasteiger partial charge in [0.25, 0.3) is 5.91 Å². The summed E-state index contributed by atoms with van der Waals surface area (Å²) in [5.74, 6) is -0.199. The number of amides is 1. The fraction of sp³-hybridized carbons (Fsp3) is 0.500. The largest absolute Gasteiger partial charge is 0.505 e. The third kappa shape index (κ3) is 2.01. The van der Waals surface area contributed by atoms with Crippen molar-refractivity contribution in [3.8, 4) is 5.75 Å². The molecule has 0 bridgehead atoms. The lowest BCUT2D eigenvalue weighted by atomic mass is 10.0. The number of aromatic hydroxyl groups is 1. The van der Waals surface area contributed by atoms with Gasteiger partial charge >= 0.3 is 0 Å². The number of hydrogen-bond donors (Lipinski definition) is 1. The second-order valence-corrected chi connectivity index (χ2v) is 4.21. The highest BCUT2D eigenvalue weighted by Gasteiger charge is 2.26. The minimum atomic E-state index is -0.162. The van der Waals surface area contributed by atoms with Gasteiger partial charge < -0.3 is 10.0 Å². The molecule has 1 aromatic rings. The molecule has 1 atom stereocenters. The van der Waals surface area contributed by atoms with Gasteiger partial charge in [-0.25, -0.2) is 4.98 Å². The smallest absolute Gasteiger partial charge is 0.276 e. The van der Waals surface area contributed by atoms with E-state index in [9.17, 15) is 9.90 Å². The Morgan fingerprint density at radius 3 is 3.06 bits per heavy atom. The Balaban J connectivity index is 2.21. The van der Waals surface area contributed by atoms with Gasteiger partial charge in [0.2, 0.25) is 0 Å². The average molecular weight is 220 g/mol. The van der Waals surface area contributed by atoms with Crippen molar-refractivity contribution < 1.29 is 9.90 Å². The third-order valence-electron chi connectivity index (χ3n) is 3.05. The topological polar surface area (TPSA) is 53.4 Å². The van der Waals surface area contributed by atoms with Crippen molar-refractivity contribution in [3.63, 3.8) is 0 Å². The average Bonchev–Trinajstić information content (AvgIpc) is 2.29. The highest BCUT2D eigenvalue weighted by molar-refractivity contribution is 5.95. The van der Waals surface area contributed by atoms with Gasteiger partial charge in [-0.15, -0.1) is 0 Å². The number of hydrogen-bond acceptors (Lipinski definition) is 3. The molecular formula is C12H16N2O2. The van der Waals surface area contributed by atoms with Crippen molar-refractivity contribution >= 4 is 5.91 Å². The van der Waals surface area contributed by atoms with Crippen LogP contribution in [-0.2, 0) is 0 Å². The van der Waals surface area contributed by atoms with Gasteiger partial charge in [0.1, 0.15) is 5.75 Å². The van der Waals surface area contributed by atoms with Crippen LogP contribution in [0.3, 0.4) is 0 Å². The van der Waals surface area contributed by atoms with Gasteiger partial charge in [0, 0.05) is 18.8 Å². The molecule has 1 unspecified atom stereocenters. The maximum atomic E-state index is 12.1. The third-order valence-corrected chi connectivity index (χ3v) is 3.05. The molecule has 0 radical (unpaired) electrons. The van der Waals surface area contributed by atoms with Crippen molar-refractivity contribution in [1.29, 1.82) is 0 Å². The summed E-state index contributed by atoms with van der Waals surface area (Å²) >= 11 is 0. The van der Waals surface area contributed by atoms with Crippen LogP contribution in [0.5, 0.6) is 5.75 Å². The van der Waals surface area contributed by atoms with Crippen molar-refractivity contribution in [2.24, 2.45) is 0 Å². The first-order valence-corrected chi connectivity index (χ1v) is 5.65. The molecule has 2 heterocycles. The van der Waals surface area contributed by atoms with E-state index in [-0.39, 0.29) is 23.4 Å². The summed E-state index contributed by atoms with van der Waals surface area (Å²) in [7, 11) is 0. The number of pyridine rings is 1. The first kappa shape index (κ1) is 10.9. The predicted molar refractivity (Wildman–Crippen MR) is 60.3 cm³/mol. The van der Waals surface area contributed by atoms with E-state index in [1.165, 1.54) is 18.7 Å². The molecule has 1 saturated heterocycles. The molecule has 1 fully saturated rings. The van der Waals surface area contributed by atoms with Crippen LogP contribution in [-0.4, -0.2) is 33.5 Å². The fourth-order valence-corrected chi connectivity index (χ4v) is 2.10. The highest BCUT2D eigenvalue weighted by atomic mass is 16.3. The van der Waals surface area contributed by atoms with Gasteiger partial charge in [-0.3, -0.25) is 4.79 Å². The zero-order chi connectivity index (χ0) is 11.5. The molecule has 1 N–H and O–H groups in total. The van der Waals surface area contributed by atoms with Gasteiger partial charge in [-0.05, 0) is 38.3 Å². The van der Waals surface area contributed by atoms with Crippen LogP contribution in [0.15, 0.2) is 18.3 Å². The summed E-state index contributed by atoms with van der Waals surface area (Å²) in [4.78, 5) is 17.9. The number of likely N-dealkylation sites (tertiary alicyclic amines) is 1. The molecule has 4 nitrogen and oxygen atoms in total. The van der Waals surface area contributed by atoms with Gasteiger partial charge in [-0.2, -0.15) is 0 Å². The molecule has 4 heteroatoms. The standard InChI is InChI=1S/C12H16N2O2/c1-9-5-2-3-8-14(9)12(16)11-10(15)6-4-7-13-11/h4,6-7,9,15H,2-3,5,8H2,1H3. The molecule has 0 saturated carbocycles. The molecule has 2 rings (SSSR count). The Kier molecular flexibility index (Phi) is 3.08. The number of aromatic nitrogens is 1. The summed E-state index contributed by atoms with van der Waals surface area (Å²) in [5, 5.41) is 9.59. The molecule has 0 aromatic carbocycles. The van der Waals surface area contributed by atoms with E-state index in [1.54, 1.807) is 11.0 Å². The summed E-state index contributed by atoms with van der Waals surface area (Å²) in [6.45, 7) is 2.80. The summed E-state index contributed by atoms with van der Waals surface area (Å²) < 4.78 is 0. The fourth-order valence-electron chi connectivity index (χ4n) is 2.10. The Morgan fingerprint density at radius 1 is 1.56 bits per heavy atom. The second kappa shape index (κ2) is 4.51. The van der Waals surface area contributed by atoms with Gasteiger partial charge in [-0.1, -0.05) is 0 Å². The van der Waals surface area contributed by atoms with Crippen LogP contribution in [0, 0.1) is 0 Å². The predicted octanol–water partition coefficient (Wildman–Crippen LogP) is 1.80. The van der Waals surface area contributed by atoms with Crippen LogP contribution >= 0.6 is 0 Å². The van der Waals surface area contributed by atoms with Crippen molar-refractivity contribution in [3.05, 3.63) is 24.0 Å². The summed E-state index contributed by atoms with van der Waals surface area (Å²) in [6, 6.07) is 3.35. The van der Waals surface area contributed by atoms with Crippen LogP contribution in [0.1, 0.15) is 36.7 Å². The molecule has 0 aliphatic carbocycles. The molecule has 1 aliphatic rings. The van der Waals surface area contributed by atoms with Gasteiger partial charge in [0.15, 0.2) is 5.69 Å². The monoisotopic (exact) mass is 220 g/mol. The van der Waals surface area contributed by atoms with Gasteiger partial charge in [0.05, 0.1) is 0 Å². The lowest BCUT2D eigenvalue weighted by Gasteiger charge is -2.33. The molecule has 1 aromatic heterocycles. The first-order valence-electron chi connectivity index (χ1n) is 5.65. The molecule has 1 amide bonds. The lowest BCUT2D eigenvalue weighted by molar-refractivity contribution is 0.0626. The van der Waals surface area contributed by atoms with E-state index in [0.29, 0.717) is 0 Å². The Morgan fingerprint density at radius 2 is 2.38 bits per heavy atom. The minimum Gasteiger partial charge on any atom is -0.505 e. The first-order chi connectivity index (χ1) is 7.70. The minimum absolute atomic E-state index is 0.0368. The maximum absolute atomic E-state index is 12.1. The Labute approximate surface area is 94.9 Å².